The number of rotatable bonds is 3. The lowest BCUT2D eigenvalue weighted by molar-refractivity contribution is 0.0768. The average Bonchev–Trinajstić information content (AvgIpc) is 2.23. The molecule has 0 fully saturated rings. The van der Waals surface area contributed by atoms with E-state index in [-0.39, 0.29) is 11.5 Å². The van der Waals surface area contributed by atoms with Crippen LogP contribution in [0, 0.1) is 5.82 Å². The maximum absolute atomic E-state index is 13.4. The molecule has 2 nitrogen and oxygen atoms in total. The molecule has 0 radical (unpaired) electrons. The Kier molecular flexibility index (Phi) is 4.15. The first kappa shape index (κ1) is 12.0. The van der Waals surface area contributed by atoms with Crippen LogP contribution in [0.3, 0.4) is 0 Å². The van der Waals surface area contributed by atoms with E-state index >= 15 is 0 Å². The molecule has 0 saturated carbocycles. The molecule has 0 spiro atoms. The predicted molar refractivity (Wildman–Crippen MR) is 60.9 cm³/mol. The smallest absolute Gasteiger partial charge is 0.256 e. The molecule has 0 heterocycles. The number of hydrogen-bond donors (Lipinski definition) is 1. The van der Waals surface area contributed by atoms with E-state index < -0.39 is 5.82 Å². The minimum Gasteiger partial charge on any atom is -0.339 e. The fourth-order valence-electron chi connectivity index (χ4n) is 1.36. The van der Waals surface area contributed by atoms with Crippen molar-refractivity contribution in [3.8, 4) is 0 Å². The van der Waals surface area contributed by atoms with Gasteiger partial charge in [-0.05, 0) is 32.0 Å². The Labute approximate surface area is 94.5 Å². The van der Waals surface area contributed by atoms with E-state index in [4.69, 9.17) is 0 Å². The van der Waals surface area contributed by atoms with E-state index in [2.05, 4.69) is 12.6 Å². The number of carbonyl (C=O) groups excluding carboxylic acids is 1. The van der Waals surface area contributed by atoms with Crippen molar-refractivity contribution in [3.63, 3.8) is 0 Å². The number of halogens is 1. The molecule has 0 aromatic heterocycles. The van der Waals surface area contributed by atoms with Gasteiger partial charge < -0.3 is 4.90 Å². The number of benzene rings is 1. The zero-order valence-corrected chi connectivity index (χ0v) is 9.72. The molecule has 1 aromatic rings. The molecule has 1 aromatic carbocycles. The van der Waals surface area contributed by atoms with Gasteiger partial charge in [0.05, 0.1) is 5.56 Å². The highest BCUT2D eigenvalue weighted by Gasteiger charge is 2.16. The highest BCUT2D eigenvalue weighted by molar-refractivity contribution is 7.80. The van der Waals surface area contributed by atoms with Crippen molar-refractivity contribution in [2.75, 3.05) is 13.1 Å². The fraction of sp³-hybridized carbons (Fsp3) is 0.364. The zero-order chi connectivity index (χ0) is 11.4. The molecular formula is C11H14FNOS. The number of thiol groups is 1. The van der Waals surface area contributed by atoms with Crippen molar-refractivity contribution >= 4 is 18.5 Å². The molecule has 1 rings (SSSR count). The van der Waals surface area contributed by atoms with Gasteiger partial charge in [0.2, 0.25) is 0 Å². The van der Waals surface area contributed by atoms with Gasteiger partial charge in [0.25, 0.3) is 5.91 Å². The molecule has 0 aliphatic carbocycles. The number of hydrogen-bond acceptors (Lipinski definition) is 2. The van der Waals surface area contributed by atoms with Gasteiger partial charge in [-0.2, -0.15) is 0 Å². The highest BCUT2D eigenvalue weighted by atomic mass is 32.1. The van der Waals surface area contributed by atoms with Crippen LogP contribution >= 0.6 is 12.6 Å². The minimum atomic E-state index is -0.496. The molecular weight excluding hydrogens is 213 g/mol. The van der Waals surface area contributed by atoms with Crippen LogP contribution in [0.5, 0.6) is 0 Å². The molecule has 0 atom stereocenters. The summed E-state index contributed by atoms with van der Waals surface area (Å²) in [6.07, 6.45) is 0. The summed E-state index contributed by atoms with van der Waals surface area (Å²) in [5.41, 5.74) is 0.0891. The summed E-state index contributed by atoms with van der Waals surface area (Å²) in [5.74, 6) is -0.780. The maximum Gasteiger partial charge on any atom is 0.256 e. The van der Waals surface area contributed by atoms with Crippen LogP contribution in [0.25, 0.3) is 0 Å². The van der Waals surface area contributed by atoms with Crippen LogP contribution in [0.2, 0.25) is 0 Å². The zero-order valence-electron chi connectivity index (χ0n) is 8.83. The molecule has 0 unspecified atom stereocenters. The van der Waals surface area contributed by atoms with Gasteiger partial charge in [-0.15, -0.1) is 12.6 Å². The van der Waals surface area contributed by atoms with E-state index in [1.54, 1.807) is 4.90 Å². The molecule has 0 saturated heterocycles. The fourth-order valence-corrected chi connectivity index (χ4v) is 1.56. The first-order valence-corrected chi connectivity index (χ1v) is 5.32. The Morgan fingerprint density at radius 3 is 2.53 bits per heavy atom. The van der Waals surface area contributed by atoms with Crippen LogP contribution in [-0.4, -0.2) is 23.9 Å². The van der Waals surface area contributed by atoms with Crippen LogP contribution in [0.15, 0.2) is 23.1 Å². The monoisotopic (exact) mass is 227 g/mol. The maximum atomic E-state index is 13.4. The van der Waals surface area contributed by atoms with Crippen LogP contribution < -0.4 is 0 Å². The Bertz CT molecular complexity index is 364. The van der Waals surface area contributed by atoms with E-state index in [1.165, 1.54) is 18.2 Å². The SMILES string of the molecule is CCN(CC)C(=O)c1cc(S)ccc1F. The van der Waals surface area contributed by atoms with Gasteiger partial charge in [0.1, 0.15) is 5.82 Å². The van der Waals surface area contributed by atoms with Gasteiger partial charge in [0.15, 0.2) is 0 Å². The van der Waals surface area contributed by atoms with Gasteiger partial charge in [-0.1, -0.05) is 0 Å². The quantitative estimate of drug-likeness (QED) is 0.787. The number of nitrogens with zero attached hydrogens (tertiary/aromatic N) is 1. The average molecular weight is 227 g/mol. The van der Waals surface area contributed by atoms with Crippen molar-refractivity contribution < 1.29 is 9.18 Å². The third-order valence-electron chi connectivity index (χ3n) is 2.23. The second-order valence-corrected chi connectivity index (χ2v) is 3.66. The Balaban J connectivity index is 3.04. The summed E-state index contributed by atoms with van der Waals surface area (Å²) >= 11 is 4.09. The summed E-state index contributed by atoms with van der Waals surface area (Å²) < 4.78 is 13.4. The lowest BCUT2D eigenvalue weighted by Crippen LogP contribution is -2.31. The first-order chi connectivity index (χ1) is 7.10. The molecule has 15 heavy (non-hydrogen) atoms. The molecule has 0 aliphatic rings. The lowest BCUT2D eigenvalue weighted by atomic mass is 10.2. The third-order valence-corrected chi connectivity index (χ3v) is 2.51. The lowest BCUT2D eigenvalue weighted by Gasteiger charge is -2.18. The van der Waals surface area contributed by atoms with Gasteiger partial charge in [-0.25, -0.2) is 4.39 Å². The first-order valence-electron chi connectivity index (χ1n) is 4.88. The Hall–Kier alpha value is -1.03. The topological polar surface area (TPSA) is 20.3 Å². The predicted octanol–water partition coefficient (Wildman–Crippen LogP) is 2.60. The molecule has 0 aliphatic heterocycles. The molecule has 1 amide bonds. The Morgan fingerprint density at radius 1 is 1.40 bits per heavy atom. The second kappa shape index (κ2) is 5.16. The molecule has 4 heteroatoms. The molecule has 82 valence electrons. The third kappa shape index (κ3) is 2.72. The van der Waals surface area contributed by atoms with Crippen molar-refractivity contribution in [2.45, 2.75) is 18.7 Å². The van der Waals surface area contributed by atoms with E-state index in [1.807, 2.05) is 13.8 Å². The molecule has 0 N–H and O–H groups in total. The number of carbonyl (C=O) groups is 1. The second-order valence-electron chi connectivity index (χ2n) is 3.14. The minimum absolute atomic E-state index is 0.0891. The Morgan fingerprint density at radius 2 is 2.00 bits per heavy atom. The summed E-state index contributed by atoms with van der Waals surface area (Å²) in [6.45, 7) is 4.88. The van der Waals surface area contributed by atoms with Crippen LogP contribution in [0.1, 0.15) is 24.2 Å². The largest absolute Gasteiger partial charge is 0.339 e. The summed E-state index contributed by atoms with van der Waals surface area (Å²) in [7, 11) is 0. The van der Waals surface area contributed by atoms with Crippen molar-refractivity contribution in [1.82, 2.24) is 4.90 Å². The van der Waals surface area contributed by atoms with Crippen molar-refractivity contribution in [2.24, 2.45) is 0 Å². The standard InChI is InChI=1S/C11H14FNOS/c1-3-13(4-2)11(14)9-7-8(15)5-6-10(9)12/h5-7,15H,3-4H2,1-2H3. The number of amides is 1. The highest BCUT2D eigenvalue weighted by Crippen LogP contribution is 2.15. The van der Waals surface area contributed by atoms with Crippen LogP contribution in [-0.2, 0) is 0 Å². The summed E-state index contributed by atoms with van der Waals surface area (Å²) in [5, 5.41) is 0. The van der Waals surface area contributed by atoms with Crippen molar-refractivity contribution in [1.29, 1.82) is 0 Å². The van der Waals surface area contributed by atoms with Gasteiger partial charge in [-0.3, -0.25) is 4.79 Å². The normalized spacial score (nSPS) is 10.1. The van der Waals surface area contributed by atoms with Gasteiger partial charge >= 0.3 is 0 Å². The van der Waals surface area contributed by atoms with Gasteiger partial charge in [0, 0.05) is 18.0 Å². The van der Waals surface area contributed by atoms with E-state index in [0.29, 0.717) is 18.0 Å². The van der Waals surface area contributed by atoms with E-state index in [0.717, 1.165) is 0 Å². The van der Waals surface area contributed by atoms with E-state index in [9.17, 15) is 9.18 Å². The van der Waals surface area contributed by atoms with Crippen LogP contribution in [0.4, 0.5) is 4.39 Å². The molecule has 0 bridgehead atoms. The summed E-state index contributed by atoms with van der Waals surface area (Å²) in [4.78, 5) is 14.0. The summed E-state index contributed by atoms with van der Waals surface area (Å²) in [6, 6.07) is 4.25. The van der Waals surface area contributed by atoms with Crippen molar-refractivity contribution in [3.05, 3.63) is 29.6 Å².